The van der Waals surface area contributed by atoms with Gasteiger partial charge in [-0.2, -0.15) is 0 Å². The number of thiazole rings is 1. The number of nitrogens with one attached hydrogen (secondary N) is 1. The lowest BCUT2D eigenvalue weighted by molar-refractivity contribution is 0.102. The van der Waals surface area contributed by atoms with Gasteiger partial charge < -0.3 is 0 Å². The number of hydrogen-bond acceptors (Lipinski definition) is 3. The van der Waals surface area contributed by atoms with Crippen LogP contribution < -0.4 is 5.32 Å². The molecule has 0 radical (unpaired) electrons. The van der Waals surface area contributed by atoms with Gasteiger partial charge >= 0.3 is 0 Å². The first-order valence-corrected chi connectivity index (χ1v) is 11.0. The number of carbonyl (C=O) groups excluding carboxylic acids is 1. The zero-order chi connectivity index (χ0) is 20.9. The fraction of sp³-hybridized carbons (Fsp3) is 0.154. The Morgan fingerprint density at radius 1 is 0.900 bits per heavy atom. The summed E-state index contributed by atoms with van der Waals surface area (Å²) in [6.07, 6.45) is 1.12. The number of hydrogen-bond donors (Lipinski definition) is 1. The third-order valence-corrected chi connectivity index (χ3v) is 6.12. The molecular formula is C26H24N2OS. The molecule has 0 fully saturated rings. The molecule has 4 aromatic rings. The maximum Gasteiger partial charge on any atom is 0.257 e. The molecule has 3 aromatic carbocycles. The largest absolute Gasteiger partial charge is 0.298 e. The molecule has 3 nitrogen and oxygen atoms in total. The molecule has 0 bridgehead atoms. The zero-order valence-electron chi connectivity index (χ0n) is 17.1. The summed E-state index contributed by atoms with van der Waals surface area (Å²) < 4.78 is 0. The van der Waals surface area contributed by atoms with Crippen LogP contribution in [0, 0.1) is 0 Å². The molecule has 0 aliphatic rings. The van der Waals surface area contributed by atoms with Crippen LogP contribution >= 0.6 is 11.3 Å². The molecule has 0 aliphatic carbocycles. The Morgan fingerprint density at radius 2 is 1.53 bits per heavy atom. The Labute approximate surface area is 181 Å². The summed E-state index contributed by atoms with van der Waals surface area (Å²) in [5.74, 6) is 0.403. The topological polar surface area (TPSA) is 42.0 Å². The second-order valence-electron chi connectivity index (χ2n) is 7.37. The molecule has 4 rings (SSSR count). The van der Waals surface area contributed by atoms with Crippen molar-refractivity contribution in [2.45, 2.75) is 26.2 Å². The highest BCUT2D eigenvalue weighted by Gasteiger charge is 2.11. The average Bonchev–Trinajstić information content (AvgIpc) is 3.27. The van der Waals surface area contributed by atoms with Crippen LogP contribution in [0.3, 0.4) is 0 Å². The Bertz CT molecular complexity index is 1120. The molecule has 1 unspecified atom stereocenters. The van der Waals surface area contributed by atoms with Crippen LogP contribution in [0.1, 0.15) is 42.1 Å². The average molecular weight is 413 g/mol. The highest BCUT2D eigenvalue weighted by Crippen LogP contribution is 2.28. The van der Waals surface area contributed by atoms with Gasteiger partial charge in [0, 0.05) is 16.5 Å². The van der Waals surface area contributed by atoms with Crippen LogP contribution in [-0.2, 0) is 0 Å². The summed E-state index contributed by atoms with van der Waals surface area (Å²) in [4.78, 5) is 17.2. The first kappa shape index (κ1) is 20.0. The molecule has 1 atom stereocenters. The van der Waals surface area contributed by atoms with Crippen molar-refractivity contribution in [2.75, 3.05) is 5.32 Å². The number of nitrogens with zero attached hydrogens (tertiary/aromatic N) is 1. The number of amides is 1. The molecule has 0 saturated heterocycles. The smallest absolute Gasteiger partial charge is 0.257 e. The van der Waals surface area contributed by atoms with Crippen molar-refractivity contribution >= 4 is 22.4 Å². The van der Waals surface area contributed by atoms with Gasteiger partial charge in [-0.25, -0.2) is 4.98 Å². The maximum absolute atomic E-state index is 12.6. The standard InChI is InChI=1S/C26H24N2OS/c1-3-18(2)19-9-13-22(14-10-19)24-17-30-26(27-24)28-25(29)23-15-11-21(12-16-23)20-7-5-4-6-8-20/h4-18H,3H2,1-2H3,(H,27,28,29). The van der Waals surface area contributed by atoms with E-state index in [1.807, 2.05) is 47.8 Å². The summed E-state index contributed by atoms with van der Waals surface area (Å²) in [5.41, 5.74) is 6.11. The molecule has 0 spiro atoms. The summed E-state index contributed by atoms with van der Waals surface area (Å²) in [5, 5.41) is 5.50. The normalized spacial score (nSPS) is 11.8. The quantitative estimate of drug-likeness (QED) is 0.362. The third kappa shape index (κ3) is 4.50. The maximum atomic E-state index is 12.6. The lowest BCUT2D eigenvalue weighted by Crippen LogP contribution is -2.11. The predicted molar refractivity (Wildman–Crippen MR) is 126 cm³/mol. The van der Waals surface area contributed by atoms with Crippen molar-refractivity contribution in [3.63, 3.8) is 0 Å². The fourth-order valence-corrected chi connectivity index (χ4v) is 4.01. The van der Waals surface area contributed by atoms with Crippen molar-refractivity contribution in [1.29, 1.82) is 0 Å². The second kappa shape index (κ2) is 9.06. The molecule has 1 aromatic heterocycles. The first-order chi connectivity index (χ1) is 14.6. The molecule has 150 valence electrons. The molecule has 1 heterocycles. The highest BCUT2D eigenvalue weighted by molar-refractivity contribution is 7.14. The van der Waals surface area contributed by atoms with E-state index in [1.165, 1.54) is 16.9 Å². The van der Waals surface area contributed by atoms with E-state index in [2.05, 4.69) is 60.5 Å². The van der Waals surface area contributed by atoms with Crippen LogP contribution in [0.25, 0.3) is 22.4 Å². The summed E-state index contributed by atoms with van der Waals surface area (Å²) in [6.45, 7) is 4.43. The van der Waals surface area contributed by atoms with E-state index in [-0.39, 0.29) is 5.91 Å². The van der Waals surface area contributed by atoms with E-state index in [1.54, 1.807) is 0 Å². The van der Waals surface area contributed by atoms with Gasteiger partial charge in [0.2, 0.25) is 0 Å². The minimum absolute atomic E-state index is 0.150. The van der Waals surface area contributed by atoms with Gasteiger partial charge in [0.25, 0.3) is 5.91 Å². The molecular weight excluding hydrogens is 388 g/mol. The van der Waals surface area contributed by atoms with Crippen LogP contribution in [-0.4, -0.2) is 10.9 Å². The molecule has 0 saturated carbocycles. The van der Waals surface area contributed by atoms with Gasteiger partial charge in [-0.15, -0.1) is 11.3 Å². The van der Waals surface area contributed by atoms with Gasteiger partial charge in [-0.05, 0) is 41.2 Å². The van der Waals surface area contributed by atoms with E-state index < -0.39 is 0 Å². The fourth-order valence-electron chi connectivity index (χ4n) is 3.30. The van der Waals surface area contributed by atoms with E-state index in [0.717, 1.165) is 28.8 Å². The number of anilines is 1. The number of aromatic nitrogens is 1. The van der Waals surface area contributed by atoms with Crippen molar-refractivity contribution in [3.05, 3.63) is 95.4 Å². The third-order valence-electron chi connectivity index (χ3n) is 5.37. The monoisotopic (exact) mass is 412 g/mol. The Hall–Kier alpha value is -3.24. The van der Waals surface area contributed by atoms with Crippen LogP contribution in [0.2, 0.25) is 0 Å². The van der Waals surface area contributed by atoms with Crippen molar-refractivity contribution < 1.29 is 4.79 Å². The summed E-state index contributed by atoms with van der Waals surface area (Å²) in [6, 6.07) is 26.3. The van der Waals surface area contributed by atoms with E-state index >= 15 is 0 Å². The van der Waals surface area contributed by atoms with Crippen molar-refractivity contribution in [1.82, 2.24) is 4.98 Å². The zero-order valence-corrected chi connectivity index (χ0v) is 17.9. The van der Waals surface area contributed by atoms with Gasteiger partial charge in [0.05, 0.1) is 5.69 Å². The summed E-state index contributed by atoms with van der Waals surface area (Å²) >= 11 is 1.44. The number of benzene rings is 3. The molecule has 1 N–H and O–H groups in total. The number of rotatable bonds is 6. The van der Waals surface area contributed by atoms with Crippen LogP contribution in [0.5, 0.6) is 0 Å². The number of carbonyl (C=O) groups is 1. The summed E-state index contributed by atoms with van der Waals surface area (Å²) in [7, 11) is 0. The van der Waals surface area contributed by atoms with Gasteiger partial charge in [-0.3, -0.25) is 10.1 Å². The van der Waals surface area contributed by atoms with E-state index in [9.17, 15) is 4.79 Å². The first-order valence-electron chi connectivity index (χ1n) is 10.2. The Kier molecular flexibility index (Phi) is 6.05. The lowest BCUT2D eigenvalue weighted by atomic mass is 9.97. The molecule has 4 heteroatoms. The van der Waals surface area contributed by atoms with Gasteiger partial charge in [-0.1, -0.05) is 80.6 Å². The minimum atomic E-state index is -0.150. The van der Waals surface area contributed by atoms with Gasteiger partial charge in [0.1, 0.15) is 0 Å². The van der Waals surface area contributed by atoms with Gasteiger partial charge in [0.15, 0.2) is 5.13 Å². The predicted octanol–water partition coefficient (Wildman–Crippen LogP) is 7.24. The Morgan fingerprint density at radius 3 is 2.20 bits per heavy atom. The molecule has 30 heavy (non-hydrogen) atoms. The SMILES string of the molecule is CCC(C)c1ccc(-c2csc(NC(=O)c3ccc(-c4ccccc4)cc3)n2)cc1. The van der Waals surface area contributed by atoms with Crippen molar-refractivity contribution in [3.8, 4) is 22.4 Å². The van der Waals surface area contributed by atoms with Crippen molar-refractivity contribution in [2.24, 2.45) is 0 Å². The lowest BCUT2D eigenvalue weighted by Gasteiger charge is -2.08. The molecule has 1 amide bonds. The van der Waals surface area contributed by atoms with Crippen LogP contribution in [0.15, 0.2) is 84.2 Å². The minimum Gasteiger partial charge on any atom is -0.298 e. The van der Waals surface area contributed by atoms with E-state index in [0.29, 0.717) is 16.6 Å². The van der Waals surface area contributed by atoms with E-state index in [4.69, 9.17) is 0 Å². The highest BCUT2D eigenvalue weighted by atomic mass is 32.1. The second-order valence-corrected chi connectivity index (χ2v) is 8.22. The Balaban J connectivity index is 1.44. The van der Waals surface area contributed by atoms with Crippen LogP contribution in [0.4, 0.5) is 5.13 Å². The molecule has 0 aliphatic heterocycles.